The average molecular weight is 315 g/mol. The van der Waals surface area contributed by atoms with Gasteiger partial charge in [-0.2, -0.15) is 0 Å². The summed E-state index contributed by atoms with van der Waals surface area (Å²) in [7, 11) is 0. The van der Waals surface area contributed by atoms with E-state index in [1.54, 1.807) is 6.20 Å². The van der Waals surface area contributed by atoms with Crippen LogP contribution in [0.4, 0.5) is 9.93 Å². The Labute approximate surface area is 125 Å². The van der Waals surface area contributed by atoms with Crippen molar-refractivity contribution in [2.45, 2.75) is 42.4 Å². The van der Waals surface area contributed by atoms with Crippen LogP contribution in [0.2, 0.25) is 0 Å². The molecule has 2 rings (SSSR count). The minimum atomic E-state index is -0.868. The lowest BCUT2D eigenvalue weighted by molar-refractivity contribution is -0.133. The van der Waals surface area contributed by atoms with Crippen molar-refractivity contribution in [3.8, 4) is 0 Å². The number of urea groups is 1. The third-order valence-electron chi connectivity index (χ3n) is 2.98. The molecule has 1 saturated carbocycles. The lowest BCUT2D eigenvalue weighted by Crippen LogP contribution is -2.38. The molecule has 0 spiro atoms. The minimum absolute atomic E-state index is 0.00406. The van der Waals surface area contributed by atoms with Gasteiger partial charge in [0.05, 0.1) is 16.2 Å². The SMILES string of the molecule is O=C(O)CSc1cnc(NC(=O)NC2CCCCC2)s1. The van der Waals surface area contributed by atoms with Gasteiger partial charge in [0, 0.05) is 6.04 Å². The molecule has 1 aromatic rings. The van der Waals surface area contributed by atoms with Gasteiger partial charge in [-0.3, -0.25) is 10.1 Å². The second kappa shape index (κ2) is 7.49. The van der Waals surface area contributed by atoms with Gasteiger partial charge in [-0.25, -0.2) is 9.78 Å². The molecule has 0 bridgehead atoms. The van der Waals surface area contributed by atoms with Crippen molar-refractivity contribution in [3.63, 3.8) is 0 Å². The second-order valence-corrected chi connectivity index (χ2v) is 6.91. The monoisotopic (exact) mass is 315 g/mol. The highest BCUT2D eigenvalue weighted by Crippen LogP contribution is 2.28. The van der Waals surface area contributed by atoms with Crippen molar-refractivity contribution in [3.05, 3.63) is 6.20 Å². The lowest BCUT2D eigenvalue weighted by Gasteiger charge is -2.22. The number of carbonyl (C=O) groups is 2. The van der Waals surface area contributed by atoms with Gasteiger partial charge in [-0.1, -0.05) is 30.6 Å². The number of hydrogen-bond donors (Lipinski definition) is 3. The Bertz CT molecular complexity index is 472. The number of carbonyl (C=O) groups excluding carboxylic acids is 1. The Morgan fingerprint density at radius 1 is 1.40 bits per heavy atom. The first-order valence-electron chi connectivity index (χ1n) is 6.51. The van der Waals surface area contributed by atoms with Crippen molar-refractivity contribution in [1.82, 2.24) is 10.3 Å². The maximum Gasteiger partial charge on any atom is 0.321 e. The van der Waals surface area contributed by atoms with Gasteiger partial charge in [-0.05, 0) is 12.8 Å². The molecule has 20 heavy (non-hydrogen) atoms. The summed E-state index contributed by atoms with van der Waals surface area (Å²) in [5, 5.41) is 14.7. The van der Waals surface area contributed by atoms with Gasteiger partial charge in [-0.15, -0.1) is 11.8 Å². The fraction of sp³-hybridized carbons (Fsp3) is 0.583. The van der Waals surface area contributed by atoms with Crippen molar-refractivity contribution in [2.24, 2.45) is 0 Å². The average Bonchev–Trinajstić information content (AvgIpc) is 2.85. The third-order valence-corrected chi connectivity index (χ3v) is 5.08. The number of nitrogens with zero attached hydrogens (tertiary/aromatic N) is 1. The lowest BCUT2D eigenvalue weighted by atomic mass is 9.96. The van der Waals surface area contributed by atoms with Crippen molar-refractivity contribution in [2.75, 3.05) is 11.1 Å². The largest absolute Gasteiger partial charge is 0.481 e. The molecular weight excluding hydrogens is 298 g/mol. The zero-order valence-corrected chi connectivity index (χ0v) is 12.6. The second-order valence-electron chi connectivity index (χ2n) is 4.60. The summed E-state index contributed by atoms with van der Waals surface area (Å²) in [6, 6.07) is 0.0191. The van der Waals surface area contributed by atoms with Crippen LogP contribution in [0.15, 0.2) is 10.4 Å². The number of hydrogen-bond acceptors (Lipinski definition) is 5. The summed E-state index contributed by atoms with van der Waals surface area (Å²) in [5.41, 5.74) is 0. The normalized spacial score (nSPS) is 15.8. The quantitative estimate of drug-likeness (QED) is 0.727. The van der Waals surface area contributed by atoms with E-state index >= 15 is 0 Å². The number of amides is 2. The summed E-state index contributed by atoms with van der Waals surface area (Å²) in [6.07, 6.45) is 7.22. The van der Waals surface area contributed by atoms with Gasteiger partial charge < -0.3 is 10.4 Å². The molecule has 1 aromatic heterocycles. The van der Waals surface area contributed by atoms with Crippen molar-refractivity contribution in [1.29, 1.82) is 0 Å². The first kappa shape index (κ1) is 15.1. The number of aromatic nitrogens is 1. The standard InChI is InChI=1S/C12H17N3O3S2/c16-9(17)7-19-10-6-13-12(20-10)15-11(18)14-8-4-2-1-3-5-8/h6,8H,1-5,7H2,(H,16,17)(H2,13,14,15,18). The third kappa shape index (κ3) is 5.01. The molecule has 0 saturated heterocycles. The molecule has 0 radical (unpaired) electrons. The molecule has 1 fully saturated rings. The summed E-state index contributed by atoms with van der Waals surface area (Å²) >= 11 is 2.48. The van der Waals surface area contributed by atoms with Gasteiger partial charge in [0.25, 0.3) is 0 Å². The van der Waals surface area contributed by atoms with Gasteiger partial charge in [0.15, 0.2) is 5.13 Å². The molecular formula is C12H17N3O3S2. The van der Waals surface area contributed by atoms with Crippen molar-refractivity contribution >= 4 is 40.2 Å². The van der Waals surface area contributed by atoms with E-state index in [2.05, 4.69) is 15.6 Å². The summed E-state index contributed by atoms with van der Waals surface area (Å²) < 4.78 is 0.778. The number of aliphatic carboxylic acids is 1. The molecule has 1 aliphatic carbocycles. The molecule has 0 aliphatic heterocycles. The highest BCUT2D eigenvalue weighted by Gasteiger charge is 2.16. The molecule has 6 nitrogen and oxygen atoms in total. The number of carboxylic acid groups (broad SMARTS) is 1. The van der Waals surface area contributed by atoms with E-state index in [0.717, 1.165) is 29.9 Å². The molecule has 1 heterocycles. The fourth-order valence-corrected chi connectivity index (χ4v) is 3.67. The highest BCUT2D eigenvalue weighted by molar-refractivity contribution is 8.01. The minimum Gasteiger partial charge on any atom is -0.481 e. The molecule has 2 amide bonds. The zero-order valence-electron chi connectivity index (χ0n) is 10.9. The van der Waals surface area contributed by atoms with Gasteiger partial charge in [0.2, 0.25) is 0 Å². The Morgan fingerprint density at radius 3 is 2.85 bits per heavy atom. The van der Waals surface area contributed by atoms with Crippen LogP contribution in [0, 0.1) is 0 Å². The molecule has 0 aromatic carbocycles. The number of nitrogens with one attached hydrogen (secondary N) is 2. The van der Waals surface area contributed by atoms with Crippen LogP contribution in [0.5, 0.6) is 0 Å². The number of thiazole rings is 1. The van der Waals surface area contributed by atoms with E-state index in [1.807, 2.05) is 0 Å². The van der Waals surface area contributed by atoms with Crippen LogP contribution in [-0.4, -0.2) is 33.9 Å². The first-order chi connectivity index (χ1) is 9.63. The summed E-state index contributed by atoms with van der Waals surface area (Å²) in [5.74, 6) is -0.872. The fourth-order valence-electron chi connectivity index (χ4n) is 2.08. The molecule has 8 heteroatoms. The van der Waals surface area contributed by atoms with E-state index < -0.39 is 5.97 Å². The van der Waals surface area contributed by atoms with E-state index in [-0.39, 0.29) is 17.8 Å². The predicted octanol–water partition coefficient (Wildman–Crippen LogP) is 2.77. The number of carboxylic acids is 1. The first-order valence-corrected chi connectivity index (χ1v) is 8.31. The Morgan fingerprint density at radius 2 is 2.15 bits per heavy atom. The van der Waals surface area contributed by atoms with E-state index in [4.69, 9.17) is 5.11 Å². The van der Waals surface area contributed by atoms with E-state index in [1.165, 1.54) is 29.5 Å². The topological polar surface area (TPSA) is 91.3 Å². The van der Waals surface area contributed by atoms with Crippen molar-refractivity contribution < 1.29 is 14.7 Å². The molecule has 3 N–H and O–H groups in total. The van der Waals surface area contributed by atoms with E-state index in [0.29, 0.717) is 5.13 Å². The van der Waals surface area contributed by atoms with Crippen LogP contribution in [0.3, 0.4) is 0 Å². The van der Waals surface area contributed by atoms with Crippen LogP contribution in [0.1, 0.15) is 32.1 Å². The van der Waals surface area contributed by atoms with Crippen LogP contribution in [-0.2, 0) is 4.79 Å². The Kier molecular flexibility index (Phi) is 5.66. The molecule has 0 atom stereocenters. The Hall–Kier alpha value is -1.28. The molecule has 0 unspecified atom stereocenters. The number of rotatable bonds is 5. The highest BCUT2D eigenvalue weighted by atomic mass is 32.2. The van der Waals surface area contributed by atoms with Crippen LogP contribution < -0.4 is 10.6 Å². The maximum atomic E-state index is 11.8. The van der Waals surface area contributed by atoms with E-state index in [9.17, 15) is 9.59 Å². The smallest absolute Gasteiger partial charge is 0.321 e. The van der Waals surface area contributed by atoms with Gasteiger partial charge >= 0.3 is 12.0 Å². The van der Waals surface area contributed by atoms with Gasteiger partial charge in [0.1, 0.15) is 0 Å². The summed E-state index contributed by atoms with van der Waals surface area (Å²) in [6.45, 7) is 0. The summed E-state index contributed by atoms with van der Waals surface area (Å²) in [4.78, 5) is 26.3. The number of anilines is 1. The maximum absolute atomic E-state index is 11.8. The zero-order chi connectivity index (χ0) is 14.4. The molecule has 1 aliphatic rings. The van der Waals surface area contributed by atoms with Crippen LogP contribution >= 0.6 is 23.1 Å². The van der Waals surface area contributed by atoms with Crippen LogP contribution in [0.25, 0.3) is 0 Å². The predicted molar refractivity (Wildman–Crippen MR) is 79.5 cm³/mol. The Balaban J connectivity index is 1.77. The molecule has 110 valence electrons. The number of thioether (sulfide) groups is 1.